The number of fused-ring (bicyclic) bond motifs is 2. The summed E-state index contributed by atoms with van der Waals surface area (Å²) < 4.78 is 10.0. The first-order chi connectivity index (χ1) is 3.45. The van der Waals surface area contributed by atoms with Crippen LogP contribution in [-0.2, 0) is 9.47 Å². The van der Waals surface area contributed by atoms with Crippen molar-refractivity contribution in [2.75, 3.05) is 6.79 Å². The highest BCUT2D eigenvalue weighted by molar-refractivity contribution is 5.00. The molecule has 0 amide bonds. The molecule has 2 radical (unpaired) electrons. The Bertz CT molecular complexity index is 62.6. The highest BCUT2D eigenvalue weighted by Crippen LogP contribution is 2.29. The molecule has 2 atom stereocenters. The zero-order chi connectivity index (χ0) is 4.69. The molecule has 7 heavy (non-hydrogen) atoms. The summed E-state index contributed by atoms with van der Waals surface area (Å²) in [6, 6.07) is 0. The second kappa shape index (κ2) is 1.20. The van der Waals surface area contributed by atoms with Crippen LogP contribution in [0.15, 0.2) is 0 Å². The van der Waals surface area contributed by atoms with E-state index in [-0.39, 0.29) is 0 Å². The molecule has 0 aromatic carbocycles. The molecular formula is C5H6O2. The maximum absolute atomic E-state index is 5.01. The third-order valence-electron chi connectivity index (χ3n) is 1.34. The maximum atomic E-state index is 5.01. The molecule has 0 aromatic rings. The predicted molar refractivity (Wildman–Crippen MR) is 22.5 cm³/mol. The highest BCUT2D eigenvalue weighted by Gasteiger charge is 2.35. The molecule has 2 aliphatic heterocycles. The Morgan fingerprint density at radius 1 is 1.29 bits per heavy atom. The Morgan fingerprint density at radius 3 is 2.00 bits per heavy atom. The van der Waals surface area contributed by atoms with Crippen molar-refractivity contribution in [2.45, 2.75) is 18.6 Å². The molecular weight excluding hydrogens is 92.1 g/mol. The Morgan fingerprint density at radius 2 is 1.86 bits per heavy atom. The van der Waals surface area contributed by atoms with Gasteiger partial charge in [-0.3, -0.25) is 0 Å². The average Bonchev–Trinajstić information content (AvgIpc) is 1.67. The van der Waals surface area contributed by atoms with Crippen LogP contribution in [0.4, 0.5) is 0 Å². The van der Waals surface area contributed by atoms with Crippen molar-refractivity contribution in [1.29, 1.82) is 0 Å². The van der Waals surface area contributed by atoms with Crippen LogP contribution in [0.2, 0.25) is 0 Å². The molecule has 38 valence electrons. The fourth-order valence-corrected chi connectivity index (χ4v) is 0.813. The zero-order valence-electron chi connectivity index (χ0n) is 3.89. The van der Waals surface area contributed by atoms with Gasteiger partial charge in [0.1, 0.15) is 6.79 Å². The van der Waals surface area contributed by atoms with Crippen LogP contribution < -0.4 is 0 Å². The fourth-order valence-electron chi connectivity index (χ4n) is 0.813. The normalized spacial score (nSPS) is 48.0. The number of hydrogen-bond acceptors (Lipinski definition) is 2. The summed E-state index contributed by atoms with van der Waals surface area (Å²) in [5.74, 6) is 0. The molecule has 0 N–H and O–H groups in total. The topological polar surface area (TPSA) is 18.5 Å². The van der Waals surface area contributed by atoms with Crippen molar-refractivity contribution in [3.8, 4) is 0 Å². The van der Waals surface area contributed by atoms with E-state index < -0.39 is 0 Å². The summed E-state index contributed by atoms with van der Waals surface area (Å²) in [6.45, 7) is 0.475. The average molecular weight is 98.1 g/mol. The van der Waals surface area contributed by atoms with E-state index in [1.807, 2.05) is 0 Å². The van der Waals surface area contributed by atoms with Gasteiger partial charge >= 0.3 is 0 Å². The van der Waals surface area contributed by atoms with Gasteiger partial charge in [0, 0.05) is 12.8 Å². The van der Waals surface area contributed by atoms with Gasteiger partial charge in [0.05, 0.1) is 12.2 Å². The second-order valence-corrected chi connectivity index (χ2v) is 1.83. The van der Waals surface area contributed by atoms with Crippen LogP contribution in [-0.4, -0.2) is 19.0 Å². The van der Waals surface area contributed by atoms with Crippen molar-refractivity contribution >= 4 is 0 Å². The van der Waals surface area contributed by atoms with Crippen LogP contribution >= 0.6 is 0 Å². The maximum Gasteiger partial charge on any atom is 0.147 e. The van der Waals surface area contributed by atoms with Crippen molar-refractivity contribution in [3.05, 3.63) is 6.42 Å². The lowest BCUT2D eigenvalue weighted by Crippen LogP contribution is -2.44. The van der Waals surface area contributed by atoms with Crippen molar-refractivity contribution in [3.63, 3.8) is 0 Å². The SMILES string of the molecule is [C]1C2CC1OCO2. The Labute approximate surface area is 42.4 Å². The Balaban J connectivity index is 1.99. The van der Waals surface area contributed by atoms with E-state index in [1.54, 1.807) is 0 Å². The third-order valence-corrected chi connectivity index (χ3v) is 1.34. The molecule has 1 aliphatic carbocycles. The lowest BCUT2D eigenvalue weighted by atomic mass is 9.91. The Hall–Kier alpha value is -0.0800. The van der Waals surface area contributed by atoms with Gasteiger partial charge in [0.15, 0.2) is 0 Å². The molecule has 0 aromatic heterocycles. The van der Waals surface area contributed by atoms with E-state index in [0.717, 1.165) is 6.42 Å². The van der Waals surface area contributed by atoms with Crippen molar-refractivity contribution in [2.24, 2.45) is 0 Å². The lowest BCUT2D eigenvalue weighted by Gasteiger charge is -2.39. The minimum Gasteiger partial charge on any atom is -0.351 e. The molecule has 2 nitrogen and oxygen atoms in total. The van der Waals surface area contributed by atoms with Gasteiger partial charge in [-0.15, -0.1) is 0 Å². The minimum absolute atomic E-state index is 0.304. The molecule has 2 heterocycles. The summed E-state index contributed by atoms with van der Waals surface area (Å²) in [5.41, 5.74) is 0. The molecule has 3 fully saturated rings. The fraction of sp³-hybridized carbons (Fsp3) is 0.800. The quantitative estimate of drug-likeness (QED) is 0.431. The molecule has 0 spiro atoms. The summed E-state index contributed by atoms with van der Waals surface area (Å²) in [5, 5.41) is 0. The molecule has 2 heteroatoms. The van der Waals surface area contributed by atoms with Crippen LogP contribution in [0.5, 0.6) is 0 Å². The second-order valence-electron chi connectivity index (χ2n) is 1.83. The van der Waals surface area contributed by atoms with Crippen molar-refractivity contribution < 1.29 is 9.47 Å². The number of rotatable bonds is 0. The van der Waals surface area contributed by atoms with Gasteiger partial charge in [-0.05, 0) is 0 Å². The Kier molecular flexibility index (Phi) is 0.664. The lowest BCUT2D eigenvalue weighted by molar-refractivity contribution is -0.206. The number of ether oxygens (including phenoxy) is 2. The molecule has 2 saturated heterocycles. The van der Waals surface area contributed by atoms with E-state index in [1.165, 1.54) is 0 Å². The molecule has 1 saturated carbocycles. The summed E-state index contributed by atoms with van der Waals surface area (Å²) in [4.78, 5) is 0. The van der Waals surface area contributed by atoms with Crippen LogP contribution in [0.3, 0.4) is 0 Å². The molecule has 3 aliphatic rings. The van der Waals surface area contributed by atoms with E-state index >= 15 is 0 Å². The van der Waals surface area contributed by atoms with Crippen LogP contribution in [0.25, 0.3) is 0 Å². The van der Waals surface area contributed by atoms with Gasteiger partial charge in [-0.2, -0.15) is 0 Å². The van der Waals surface area contributed by atoms with Gasteiger partial charge in [-0.25, -0.2) is 0 Å². The smallest absolute Gasteiger partial charge is 0.147 e. The largest absolute Gasteiger partial charge is 0.351 e. The number of hydrogen-bond donors (Lipinski definition) is 0. The van der Waals surface area contributed by atoms with E-state index in [9.17, 15) is 0 Å². The first kappa shape index (κ1) is 3.87. The van der Waals surface area contributed by atoms with Crippen molar-refractivity contribution in [1.82, 2.24) is 0 Å². The van der Waals surface area contributed by atoms with Crippen LogP contribution in [0, 0.1) is 6.42 Å². The standard InChI is InChI=1S/C5H6O2/c1-4-2-5(1)7-3-6-4/h4-5H,1,3H2. The van der Waals surface area contributed by atoms with E-state index in [4.69, 9.17) is 9.47 Å². The summed E-state index contributed by atoms with van der Waals surface area (Å²) in [7, 11) is 0. The first-order valence-corrected chi connectivity index (χ1v) is 2.44. The predicted octanol–water partition coefficient (Wildman–Crippen LogP) is 0.213. The monoisotopic (exact) mass is 98.0 g/mol. The van der Waals surface area contributed by atoms with Gasteiger partial charge in [-0.1, -0.05) is 0 Å². The van der Waals surface area contributed by atoms with E-state index in [2.05, 4.69) is 6.42 Å². The van der Waals surface area contributed by atoms with Gasteiger partial charge < -0.3 is 9.47 Å². The zero-order valence-corrected chi connectivity index (χ0v) is 3.89. The summed E-state index contributed by atoms with van der Waals surface area (Å²) in [6.07, 6.45) is 4.67. The van der Waals surface area contributed by atoms with Gasteiger partial charge in [0.2, 0.25) is 0 Å². The summed E-state index contributed by atoms with van der Waals surface area (Å²) >= 11 is 0. The van der Waals surface area contributed by atoms with E-state index in [0.29, 0.717) is 19.0 Å². The molecule has 3 rings (SSSR count). The third kappa shape index (κ3) is 0.469. The first-order valence-electron chi connectivity index (χ1n) is 2.44. The highest BCUT2D eigenvalue weighted by atomic mass is 16.7. The van der Waals surface area contributed by atoms with Crippen LogP contribution in [0.1, 0.15) is 6.42 Å². The molecule has 2 bridgehead atoms. The minimum atomic E-state index is 0.304. The van der Waals surface area contributed by atoms with Gasteiger partial charge in [0.25, 0.3) is 0 Å². The molecule has 2 unspecified atom stereocenters.